The van der Waals surface area contributed by atoms with E-state index in [4.69, 9.17) is 10.7 Å². The van der Waals surface area contributed by atoms with Gasteiger partial charge in [0.05, 0.1) is 12.1 Å². The van der Waals surface area contributed by atoms with Crippen LogP contribution >= 0.6 is 0 Å². The van der Waals surface area contributed by atoms with Crippen molar-refractivity contribution >= 4 is 16.7 Å². The average molecular weight is 462 g/mol. The molecule has 1 unspecified atom stereocenters. The quantitative estimate of drug-likeness (QED) is 0.646. The van der Waals surface area contributed by atoms with Gasteiger partial charge in [0.2, 0.25) is 5.91 Å². The van der Waals surface area contributed by atoms with Gasteiger partial charge in [-0.15, -0.1) is 0 Å². The molecule has 0 bridgehead atoms. The van der Waals surface area contributed by atoms with Crippen molar-refractivity contribution in [2.24, 2.45) is 5.73 Å². The molecule has 1 aromatic heterocycles. The molecular formula is C22H21F3N4O2S. The Bertz CT molecular complexity index is 1220. The van der Waals surface area contributed by atoms with Gasteiger partial charge in [0.1, 0.15) is 33.2 Å². The highest BCUT2D eigenvalue weighted by atomic mass is 32.2. The molecule has 0 saturated carbocycles. The van der Waals surface area contributed by atoms with Crippen molar-refractivity contribution < 1.29 is 22.2 Å². The topological polar surface area (TPSA) is 81.2 Å². The van der Waals surface area contributed by atoms with Gasteiger partial charge < -0.3 is 15.2 Å². The molecule has 10 heteroatoms. The van der Waals surface area contributed by atoms with Crippen LogP contribution in [-0.4, -0.2) is 37.7 Å². The Hall–Kier alpha value is -2.98. The van der Waals surface area contributed by atoms with E-state index >= 15 is 0 Å². The number of hydrogen-bond acceptors (Lipinski definition) is 4. The van der Waals surface area contributed by atoms with Crippen LogP contribution in [0.3, 0.4) is 0 Å². The predicted molar refractivity (Wildman–Crippen MR) is 112 cm³/mol. The second kappa shape index (κ2) is 8.18. The van der Waals surface area contributed by atoms with Crippen molar-refractivity contribution in [3.63, 3.8) is 0 Å². The van der Waals surface area contributed by atoms with E-state index in [0.29, 0.717) is 23.6 Å². The second-order valence-corrected chi connectivity index (χ2v) is 9.30. The first-order chi connectivity index (χ1) is 15.1. The van der Waals surface area contributed by atoms with Gasteiger partial charge >= 0.3 is 0 Å². The molecule has 1 atom stereocenters. The summed E-state index contributed by atoms with van der Waals surface area (Å²) in [5.41, 5.74) is 5.52. The monoisotopic (exact) mass is 462 g/mol. The van der Waals surface area contributed by atoms with Crippen molar-refractivity contribution in [2.45, 2.75) is 35.9 Å². The summed E-state index contributed by atoms with van der Waals surface area (Å²) >= 11 is 0. The van der Waals surface area contributed by atoms with E-state index in [0.717, 1.165) is 12.1 Å². The molecule has 168 valence electrons. The molecule has 0 aliphatic carbocycles. The van der Waals surface area contributed by atoms with Crippen molar-refractivity contribution in [3.8, 4) is 11.3 Å². The van der Waals surface area contributed by atoms with Crippen LogP contribution in [-0.2, 0) is 27.7 Å². The molecule has 32 heavy (non-hydrogen) atoms. The second-order valence-electron chi connectivity index (χ2n) is 7.90. The van der Waals surface area contributed by atoms with Crippen molar-refractivity contribution in [3.05, 3.63) is 65.7 Å². The molecular weight excluding hydrogens is 441 g/mol. The third-order valence-electron chi connectivity index (χ3n) is 5.56. The maximum absolute atomic E-state index is 13.9. The first-order valence-electron chi connectivity index (χ1n) is 9.89. The Balaban J connectivity index is 1.93. The highest BCUT2D eigenvalue weighted by Gasteiger charge is 2.42. The molecule has 3 aromatic rings. The third-order valence-corrected chi connectivity index (χ3v) is 7.01. The summed E-state index contributed by atoms with van der Waals surface area (Å²) in [5.74, 6) is -2.39. The lowest BCUT2D eigenvalue weighted by Gasteiger charge is -2.42. The number of benzene rings is 2. The lowest BCUT2D eigenvalue weighted by atomic mass is 9.99. The van der Waals surface area contributed by atoms with E-state index in [-0.39, 0.29) is 28.9 Å². The molecule has 0 spiro atoms. The van der Waals surface area contributed by atoms with Crippen molar-refractivity contribution in [1.29, 1.82) is 0 Å². The summed E-state index contributed by atoms with van der Waals surface area (Å²) in [5, 5.41) is 0.269. The van der Waals surface area contributed by atoms with E-state index in [2.05, 4.69) is 0 Å². The number of hydrogen-bond donors (Lipinski definition) is 1. The normalized spacial score (nSPS) is 16.0. The molecule has 0 radical (unpaired) electrons. The van der Waals surface area contributed by atoms with Crippen LogP contribution in [0.2, 0.25) is 0 Å². The number of halogens is 3. The average Bonchev–Trinajstić information content (AvgIpc) is 3.16. The zero-order valence-electron chi connectivity index (χ0n) is 17.4. The maximum Gasteiger partial charge on any atom is 0.237 e. The molecule has 0 fully saturated rings. The SMILES string of the molecule is CC1(C)c2nc(-c3ccc(F)cc3)c(S(=O)c3ccc(F)c(F)c3)n2CCN1C(=O)CN. The van der Waals surface area contributed by atoms with E-state index in [9.17, 15) is 22.2 Å². The highest BCUT2D eigenvalue weighted by molar-refractivity contribution is 7.85. The fraction of sp³-hybridized carbons (Fsp3) is 0.273. The van der Waals surface area contributed by atoms with E-state index in [1.807, 2.05) is 0 Å². The summed E-state index contributed by atoms with van der Waals surface area (Å²) in [6, 6.07) is 8.58. The first kappa shape index (κ1) is 22.2. The van der Waals surface area contributed by atoms with Crippen molar-refractivity contribution in [2.75, 3.05) is 13.1 Å². The minimum absolute atomic E-state index is 0.0632. The van der Waals surface area contributed by atoms with Crippen LogP contribution in [0, 0.1) is 17.5 Å². The number of imidazole rings is 1. The number of aromatic nitrogens is 2. The smallest absolute Gasteiger partial charge is 0.237 e. The zero-order valence-corrected chi connectivity index (χ0v) is 18.3. The minimum atomic E-state index is -1.93. The van der Waals surface area contributed by atoms with Gasteiger partial charge in [0.15, 0.2) is 11.6 Å². The summed E-state index contributed by atoms with van der Waals surface area (Å²) in [4.78, 5) is 18.8. The molecule has 1 amide bonds. The van der Waals surface area contributed by atoms with Crippen LogP contribution in [0.1, 0.15) is 19.7 Å². The van der Waals surface area contributed by atoms with Gasteiger partial charge in [0, 0.05) is 23.5 Å². The zero-order chi connectivity index (χ0) is 23.2. The molecule has 1 aliphatic heterocycles. The Morgan fingerprint density at radius 2 is 1.78 bits per heavy atom. The highest BCUT2D eigenvalue weighted by Crippen LogP contribution is 2.38. The number of rotatable bonds is 4. The minimum Gasteiger partial charge on any atom is -0.327 e. The summed E-state index contributed by atoms with van der Waals surface area (Å²) < 4.78 is 56.1. The summed E-state index contributed by atoms with van der Waals surface area (Å²) in [7, 11) is -1.93. The Labute approximate surface area is 185 Å². The van der Waals surface area contributed by atoms with Crippen LogP contribution in [0.4, 0.5) is 13.2 Å². The number of nitrogens with two attached hydrogens (primary N) is 1. The Kier molecular flexibility index (Phi) is 5.68. The molecule has 6 nitrogen and oxygen atoms in total. The number of carbonyl (C=O) groups is 1. The maximum atomic E-state index is 13.9. The van der Waals surface area contributed by atoms with Gasteiger partial charge in [-0.1, -0.05) is 0 Å². The van der Waals surface area contributed by atoms with E-state index in [1.54, 1.807) is 23.3 Å². The van der Waals surface area contributed by atoms with Gasteiger partial charge in [-0.2, -0.15) is 0 Å². The lowest BCUT2D eigenvalue weighted by Crippen LogP contribution is -2.53. The van der Waals surface area contributed by atoms with Crippen LogP contribution < -0.4 is 5.73 Å². The van der Waals surface area contributed by atoms with Crippen LogP contribution in [0.25, 0.3) is 11.3 Å². The fourth-order valence-electron chi connectivity index (χ4n) is 3.95. The number of nitrogens with zero attached hydrogens (tertiary/aromatic N) is 3. The van der Waals surface area contributed by atoms with E-state index < -0.39 is 33.8 Å². The number of carbonyl (C=O) groups excluding carboxylic acids is 1. The summed E-state index contributed by atoms with van der Waals surface area (Å²) in [6.07, 6.45) is 0. The molecule has 0 saturated heterocycles. The fourth-order valence-corrected chi connectivity index (χ4v) is 5.29. The van der Waals surface area contributed by atoms with Crippen molar-refractivity contribution in [1.82, 2.24) is 14.5 Å². The number of amides is 1. The van der Waals surface area contributed by atoms with Gasteiger partial charge in [-0.25, -0.2) is 22.4 Å². The van der Waals surface area contributed by atoms with Gasteiger partial charge in [-0.05, 0) is 56.3 Å². The van der Waals surface area contributed by atoms with Crippen LogP contribution in [0.5, 0.6) is 0 Å². The van der Waals surface area contributed by atoms with Gasteiger partial charge in [0.25, 0.3) is 0 Å². The summed E-state index contributed by atoms with van der Waals surface area (Å²) in [6.45, 7) is 4.03. The third kappa shape index (κ3) is 3.63. The largest absolute Gasteiger partial charge is 0.327 e. The standard InChI is InChI=1S/C22H21F3N4O2S/c1-22(2)21-27-19(13-3-5-14(23)6-4-13)20(28(21)9-10-29(22)18(30)12-26)32(31)15-7-8-16(24)17(25)11-15/h3-8,11H,9-10,12,26H2,1-2H3. The van der Waals surface area contributed by atoms with Crippen LogP contribution in [0.15, 0.2) is 52.4 Å². The lowest BCUT2D eigenvalue weighted by molar-refractivity contribution is -0.137. The predicted octanol–water partition coefficient (Wildman–Crippen LogP) is 3.17. The molecule has 4 rings (SSSR count). The first-order valence-corrected chi connectivity index (χ1v) is 11.0. The Morgan fingerprint density at radius 3 is 2.41 bits per heavy atom. The molecule has 1 aliphatic rings. The van der Waals surface area contributed by atoms with E-state index in [1.165, 1.54) is 30.3 Å². The Morgan fingerprint density at radius 1 is 1.09 bits per heavy atom. The molecule has 2 N–H and O–H groups in total. The molecule has 2 aromatic carbocycles. The van der Waals surface area contributed by atoms with Gasteiger partial charge in [-0.3, -0.25) is 4.79 Å². The molecule has 2 heterocycles. The number of fused-ring (bicyclic) bond motifs is 1.